The molecule has 3 aliphatic rings. The Morgan fingerprint density at radius 2 is 1.81 bits per heavy atom. The number of nitrogens with two attached hydrogens (primary N) is 1. The summed E-state index contributed by atoms with van der Waals surface area (Å²) in [5.41, 5.74) is 6.40. The maximum Gasteiger partial charge on any atom is 0.0332 e. The molecule has 3 fully saturated rings. The molecule has 1 aliphatic carbocycles. The zero-order valence-electron chi connectivity index (χ0n) is 10.3. The van der Waals surface area contributed by atoms with Crippen LogP contribution in [-0.4, -0.2) is 54.1 Å². The van der Waals surface area contributed by atoms with Gasteiger partial charge in [0, 0.05) is 31.2 Å². The molecule has 2 saturated heterocycles. The average molecular weight is 223 g/mol. The Morgan fingerprint density at radius 3 is 2.38 bits per heavy atom. The van der Waals surface area contributed by atoms with Crippen molar-refractivity contribution in [1.29, 1.82) is 0 Å². The molecule has 0 bridgehead atoms. The van der Waals surface area contributed by atoms with E-state index in [1.165, 1.54) is 64.7 Å². The molecule has 0 aromatic carbocycles. The lowest BCUT2D eigenvalue weighted by atomic mass is 9.75. The number of hydrogen-bond donors (Lipinski definition) is 1. The van der Waals surface area contributed by atoms with Crippen molar-refractivity contribution in [3.63, 3.8) is 0 Å². The summed E-state index contributed by atoms with van der Waals surface area (Å²) in [4.78, 5) is 5.42. The monoisotopic (exact) mass is 223 g/mol. The topological polar surface area (TPSA) is 32.5 Å². The summed E-state index contributed by atoms with van der Waals surface area (Å²) in [5, 5.41) is 0. The van der Waals surface area contributed by atoms with Crippen LogP contribution in [-0.2, 0) is 0 Å². The second-order valence-electron chi connectivity index (χ2n) is 5.91. The van der Waals surface area contributed by atoms with Gasteiger partial charge in [-0.15, -0.1) is 0 Å². The van der Waals surface area contributed by atoms with E-state index in [2.05, 4.69) is 9.80 Å². The Balaban J connectivity index is 1.59. The molecule has 3 nitrogen and oxygen atoms in total. The Labute approximate surface area is 99.0 Å². The molecule has 1 saturated carbocycles. The molecule has 16 heavy (non-hydrogen) atoms. The molecule has 0 aromatic rings. The zero-order chi connectivity index (χ0) is 11.0. The molecule has 0 amide bonds. The Kier molecular flexibility index (Phi) is 2.94. The van der Waals surface area contributed by atoms with E-state index < -0.39 is 0 Å². The van der Waals surface area contributed by atoms with Crippen LogP contribution >= 0.6 is 0 Å². The number of likely N-dealkylation sites (tertiary alicyclic amines) is 2. The predicted octanol–water partition coefficient (Wildman–Crippen LogP) is 1.04. The van der Waals surface area contributed by atoms with Crippen molar-refractivity contribution in [2.75, 3.05) is 32.7 Å². The van der Waals surface area contributed by atoms with Gasteiger partial charge in [-0.05, 0) is 51.6 Å². The van der Waals surface area contributed by atoms with Gasteiger partial charge in [-0.25, -0.2) is 0 Å². The quantitative estimate of drug-likeness (QED) is 0.776. The van der Waals surface area contributed by atoms with Crippen molar-refractivity contribution in [3.05, 3.63) is 0 Å². The highest BCUT2D eigenvalue weighted by molar-refractivity contribution is 5.02. The highest BCUT2D eigenvalue weighted by Gasteiger charge is 2.44. The van der Waals surface area contributed by atoms with Crippen molar-refractivity contribution in [2.45, 2.75) is 50.1 Å². The number of rotatable bonds is 3. The van der Waals surface area contributed by atoms with Crippen molar-refractivity contribution < 1.29 is 0 Å². The third-order valence-electron chi connectivity index (χ3n) is 5.16. The van der Waals surface area contributed by atoms with Crippen molar-refractivity contribution in [2.24, 2.45) is 5.73 Å². The highest BCUT2D eigenvalue weighted by Crippen LogP contribution is 2.39. The van der Waals surface area contributed by atoms with Crippen LogP contribution in [0.2, 0.25) is 0 Å². The molecule has 0 spiro atoms. The van der Waals surface area contributed by atoms with E-state index >= 15 is 0 Å². The summed E-state index contributed by atoms with van der Waals surface area (Å²) in [7, 11) is 0. The fourth-order valence-corrected chi connectivity index (χ4v) is 3.81. The fraction of sp³-hybridized carbons (Fsp3) is 1.00. The van der Waals surface area contributed by atoms with Gasteiger partial charge in [-0.2, -0.15) is 0 Å². The van der Waals surface area contributed by atoms with Gasteiger partial charge in [0.15, 0.2) is 0 Å². The van der Waals surface area contributed by atoms with Gasteiger partial charge in [0.05, 0.1) is 0 Å². The Hall–Kier alpha value is -0.120. The van der Waals surface area contributed by atoms with Gasteiger partial charge in [0.25, 0.3) is 0 Å². The summed E-state index contributed by atoms with van der Waals surface area (Å²) in [6.45, 7) is 6.14. The normalized spacial score (nSPS) is 35.4. The van der Waals surface area contributed by atoms with Crippen LogP contribution in [0.15, 0.2) is 0 Å². The van der Waals surface area contributed by atoms with E-state index in [-0.39, 0.29) is 0 Å². The number of nitrogens with zero attached hydrogens (tertiary/aromatic N) is 2. The van der Waals surface area contributed by atoms with Gasteiger partial charge < -0.3 is 5.73 Å². The minimum Gasteiger partial charge on any atom is -0.329 e. The molecule has 1 unspecified atom stereocenters. The predicted molar refractivity (Wildman–Crippen MR) is 66.4 cm³/mol. The van der Waals surface area contributed by atoms with Gasteiger partial charge in [-0.3, -0.25) is 9.80 Å². The van der Waals surface area contributed by atoms with Crippen LogP contribution in [0.4, 0.5) is 0 Å². The highest BCUT2D eigenvalue weighted by atomic mass is 15.3. The first kappa shape index (κ1) is 11.0. The molecule has 2 heterocycles. The minimum absolute atomic E-state index is 0.411. The lowest BCUT2D eigenvalue weighted by Crippen LogP contribution is -2.58. The molecular formula is C13H25N3. The van der Waals surface area contributed by atoms with Crippen LogP contribution < -0.4 is 5.73 Å². The Morgan fingerprint density at radius 1 is 1.06 bits per heavy atom. The molecule has 3 rings (SSSR count). The summed E-state index contributed by atoms with van der Waals surface area (Å²) in [6.07, 6.45) is 8.29. The van der Waals surface area contributed by atoms with Crippen LogP contribution in [0.5, 0.6) is 0 Å². The maximum atomic E-state index is 5.99. The third kappa shape index (κ3) is 1.69. The second kappa shape index (κ2) is 4.28. The van der Waals surface area contributed by atoms with Crippen molar-refractivity contribution >= 4 is 0 Å². The minimum atomic E-state index is 0.411. The van der Waals surface area contributed by atoms with Crippen molar-refractivity contribution in [1.82, 2.24) is 9.80 Å². The first-order chi connectivity index (χ1) is 7.84. The smallest absolute Gasteiger partial charge is 0.0332 e. The second-order valence-corrected chi connectivity index (χ2v) is 5.91. The summed E-state index contributed by atoms with van der Waals surface area (Å²) in [5.74, 6) is 0. The molecule has 2 N–H and O–H groups in total. The summed E-state index contributed by atoms with van der Waals surface area (Å²) >= 11 is 0. The van der Waals surface area contributed by atoms with E-state index in [1.54, 1.807) is 0 Å². The molecule has 0 aromatic heterocycles. The van der Waals surface area contributed by atoms with Gasteiger partial charge >= 0.3 is 0 Å². The van der Waals surface area contributed by atoms with Gasteiger partial charge in [0.2, 0.25) is 0 Å². The van der Waals surface area contributed by atoms with E-state index in [0.717, 1.165) is 12.6 Å². The molecule has 0 radical (unpaired) electrons. The standard InChI is InChI=1S/C13H25N3/c14-11-13(5-3-6-13)16-9-4-12(10-16)15-7-1-2-8-15/h12H,1-11,14H2. The fourth-order valence-electron chi connectivity index (χ4n) is 3.81. The van der Waals surface area contributed by atoms with E-state index in [0.29, 0.717) is 5.54 Å². The lowest BCUT2D eigenvalue weighted by molar-refractivity contribution is 0.0380. The number of hydrogen-bond acceptors (Lipinski definition) is 3. The van der Waals surface area contributed by atoms with E-state index in [1.807, 2.05) is 0 Å². The SMILES string of the molecule is NCC1(N2CCC(N3CCCC3)C2)CCC1. The molecule has 1 atom stereocenters. The molecular weight excluding hydrogens is 198 g/mol. The van der Waals surface area contributed by atoms with Crippen molar-refractivity contribution in [3.8, 4) is 0 Å². The first-order valence-electron chi connectivity index (χ1n) is 7.03. The van der Waals surface area contributed by atoms with E-state index in [9.17, 15) is 0 Å². The molecule has 3 heteroatoms. The van der Waals surface area contributed by atoms with Crippen LogP contribution in [0.25, 0.3) is 0 Å². The van der Waals surface area contributed by atoms with Gasteiger partial charge in [0.1, 0.15) is 0 Å². The summed E-state index contributed by atoms with van der Waals surface area (Å²) < 4.78 is 0. The van der Waals surface area contributed by atoms with Crippen LogP contribution in [0.3, 0.4) is 0 Å². The van der Waals surface area contributed by atoms with Crippen LogP contribution in [0.1, 0.15) is 38.5 Å². The Bertz CT molecular complexity index is 238. The molecule has 2 aliphatic heterocycles. The largest absolute Gasteiger partial charge is 0.329 e. The summed E-state index contributed by atoms with van der Waals surface area (Å²) in [6, 6.07) is 0.839. The average Bonchev–Trinajstić information content (AvgIpc) is 2.86. The molecule has 92 valence electrons. The lowest BCUT2D eigenvalue weighted by Gasteiger charge is -2.48. The van der Waals surface area contributed by atoms with E-state index in [4.69, 9.17) is 5.73 Å². The maximum absolute atomic E-state index is 5.99. The van der Waals surface area contributed by atoms with Gasteiger partial charge in [-0.1, -0.05) is 0 Å². The first-order valence-corrected chi connectivity index (χ1v) is 7.03. The van der Waals surface area contributed by atoms with Crippen LogP contribution in [0, 0.1) is 0 Å². The third-order valence-corrected chi connectivity index (χ3v) is 5.16. The zero-order valence-corrected chi connectivity index (χ0v) is 10.3.